The molecular weight excluding hydrogens is 218 g/mol. The number of hydrogen-bond acceptors (Lipinski definition) is 4. The molecule has 1 aromatic rings. The average molecular weight is 237 g/mol. The van der Waals surface area contributed by atoms with Gasteiger partial charge in [-0.05, 0) is 25.5 Å². The van der Waals surface area contributed by atoms with E-state index < -0.39 is 0 Å². The molecule has 0 unspecified atom stereocenters. The van der Waals surface area contributed by atoms with Crippen molar-refractivity contribution >= 4 is 11.6 Å². The van der Waals surface area contributed by atoms with Gasteiger partial charge >= 0.3 is 0 Å². The predicted molar refractivity (Wildman–Crippen MR) is 68.7 cm³/mol. The van der Waals surface area contributed by atoms with Gasteiger partial charge in [-0.15, -0.1) is 0 Å². The number of nitrogens with one attached hydrogen (secondary N) is 2. The minimum absolute atomic E-state index is 0.525. The third-order valence-corrected chi connectivity index (χ3v) is 2.17. The number of methoxy groups -OCH3 is 1. The molecule has 6 heteroatoms. The van der Waals surface area contributed by atoms with E-state index >= 15 is 0 Å². The van der Waals surface area contributed by atoms with Crippen molar-refractivity contribution in [2.45, 2.75) is 13.3 Å². The van der Waals surface area contributed by atoms with Crippen LogP contribution in [-0.2, 0) is 4.74 Å². The number of nitrogens with zero attached hydrogens (tertiary/aromatic N) is 2. The topological polar surface area (TPSA) is 84.6 Å². The van der Waals surface area contributed by atoms with Crippen LogP contribution in [0.4, 0.5) is 5.69 Å². The number of ether oxygens (including phenoxy) is 1. The normalized spacial score (nSPS) is 11.4. The number of hydrazine groups is 1. The largest absolute Gasteiger partial charge is 0.385 e. The molecule has 0 aromatic carbocycles. The summed E-state index contributed by atoms with van der Waals surface area (Å²) in [4.78, 5) is 8.45. The maximum Gasteiger partial charge on any atom is 0.210 e. The number of anilines is 1. The van der Waals surface area contributed by atoms with Crippen LogP contribution in [0.25, 0.3) is 0 Å². The molecule has 6 nitrogen and oxygen atoms in total. The highest BCUT2D eigenvalue weighted by molar-refractivity contribution is 5.93. The van der Waals surface area contributed by atoms with Gasteiger partial charge in [-0.25, -0.2) is 5.84 Å². The van der Waals surface area contributed by atoms with E-state index in [1.807, 2.05) is 19.1 Å². The number of rotatable bonds is 5. The number of hydrogen-bond donors (Lipinski definition) is 3. The Balaban J connectivity index is 2.54. The van der Waals surface area contributed by atoms with Crippen molar-refractivity contribution in [3.8, 4) is 0 Å². The molecule has 0 bridgehead atoms. The molecule has 0 aliphatic rings. The Morgan fingerprint density at radius 2 is 2.41 bits per heavy atom. The Morgan fingerprint density at radius 3 is 3.06 bits per heavy atom. The summed E-state index contributed by atoms with van der Waals surface area (Å²) in [6.07, 6.45) is 2.60. The standard InChI is InChI=1S/C11H19N5O/c1-9-10(5-3-6-13-9)15-11(16-12)14-7-4-8-17-2/h3,5-6H,4,7-8,12H2,1-2H3,(H2,14,15,16). The van der Waals surface area contributed by atoms with Crippen molar-refractivity contribution in [3.05, 3.63) is 24.0 Å². The van der Waals surface area contributed by atoms with Gasteiger partial charge in [-0.1, -0.05) is 0 Å². The van der Waals surface area contributed by atoms with Crippen LogP contribution in [-0.4, -0.2) is 31.2 Å². The summed E-state index contributed by atoms with van der Waals surface area (Å²) in [5.74, 6) is 5.92. The maximum absolute atomic E-state index is 5.39. The van der Waals surface area contributed by atoms with Crippen LogP contribution in [0.15, 0.2) is 23.3 Å². The first-order valence-electron chi connectivity index (χ1n) is 5.46. The van der Waals surface area contributed by atoms with Gasteiger partial charge in [-0.3, -0.25) is 15.4 Å². The first kappa shape index (κ1) is 13.4. The average Bonchev–Trinajstić information content (AvgIpc) is 2.35. The summed E-state index contributed by atoms with van der Waals surface area (Å²) in [5.41, 5.74) is 4.31. The first-order chi connectivity index (χ1) is 8.27. The molecule has 0 aliphatic carbocycles. The number of aryl methyl sites for hydroxylation is 1. The minimum atomic E-state index is 0.525. The summed E-state index contributed by atoms with van der Waals surface area (Å²) >= 11 is 0. The first-order valence-corrected chi connectivity index (χ1v) is 5.46. The number of pyridine rings is 1. The molecule has 0 spiro atoms. The molecule has 0 amide bonds. The molecule has 0 fully saturated rings. The van der Waals surface area contributed by atoms with Crippen LogP contribution < -0.4 is 16.6 Å². The molecule has 17 heavy (non-hydrogen) atoms. The van der Waals surface area contributed by atoms with Crippen LogP contribution in [0.5, 0.6) is 0 Å². The quantitative estimate of drug-likeness (QED) is 0.230. The monoisotopic (exact) mass is 237 g/mol. The van der Waals surface area contributed by atoms with Gasteiger partial charge in [-0.2, -0.15) is 0 Å². The molecular formula is C11H19N5O. The molecule has 0 saturated carbocycles. The fourth-order valence-corrected chi connectivity index (χ4v) is 1.26. The van der Waals surface area contributed by atoms with E-state index in [-0.39, 0.29) is 0 Å². The van der Waals surface area contributed by atoms with E-state index in [0.29, 0.717) is 19.1 Å². The van der Waals surface area contributed by atoms with E-state index in [1.54, 1.807) is 13.3 Å². The van der Waals surface area contributed by atoms with Crippen molar-refractivity contribution in [3.63, 3.8) is 0 Å². The zero-order valence-electron chi connectivity index (χ0n) is 10.2. The Hall–Kier alpha value is -1.66. The highest BCUT2D eigenvalue weighted by atomic mass is 16.5. The number of aromatic nitrogens is 1. The van der Waals surface area contributed by atoms with Gasteiger partial charge in [0.15, 0.2) is 0 Å². The van der Waals surface area contributed by atoms with E-state index in [0.717, 1.165) is 17.8 Å². The van der Waals surface area contributed by atoms with Gasteiger partial charge in [0, 0.05) is 26.5 Å². The lowest BCUT2D eigenvalue weighted by molar-refractivity contribution is 0.197. The lowest BCUT2D eigenvalue weighted by Gasteiger charge is -2.10. The Morgan fingerprint density at radius 1 is 1.59 bits per heavy atom. The smallest absolute Gasteiger partial charge is 0.210 e. The fraction of sp³-hybridized carbons (Fsp3) is 0.455. The second-order valence-corrected chi connectivity index (χ2v) is 3.48. The Kier molecular flexibility index (Phi) is 5.98. The molecule has 4 N–H and O–H groups in total. The lowest BCUT2D eigenvalue weighted by Crippen LogP contribution is -2.36. The van der Waals surface area contributed by atoms with Gasteiger partial charge in [0.25, 0.3) is 0 Å². The summed E-state index contributed by atoms with van der Waals surface area (Å²) < 4.78 is 4.94. The summed E-state index contributed by atoms with van der Waals surface area (Å²) in [5, 5.41) is 3.08. The van der Waals surface area contributed by atoms with Crippen LogP contribution in [0.2, 0.25) is 0 Å². The molecule has 1 aromatic heterocycles. The zero-order chi connectivity index (χ0) is 12.5. The van der Waals surface area contributed by atoms with E-state index in [4.69, 9.17) is 10.6 Å². The van der Waals surface area contributed by atoms with Crippen LogP contribution >= 0.6 is 0 Å². The van der Waals surface area contributed by atoms with E-state index in [1.165, 1.54) is 0 Å². The second-order valence-electron chi connectivity index (χ2n) is 3.48. The summed E-state index contributed by atoms with van der Waals surface area (Å²) in [6.45, 7) is 3.26. The molecule has 0 saturated heterocycles. The highest BCUT2D eigenvalue weighted by Gasteiger charge is 2.00. The lowest BCUT2D eigenvalue weighted by atomic mass is 10.3. The maximum atomic E-state index is 5.39. The molecule has 1 rings (SSSR count). The number of aliphatic imine (C=N–C) groups is 1. The van der Waals surface area contributed by atoms with Gasteiger partial charge in [0.2, 0.25) is 5.96 Å². The zero-order valence-corrected chi connectivity index (χ0v) is 10.2. The van der Waals surface area contributed by atoms with E-state index in [9.17, 15) is 0 Å². The van der Waals surface area contributed by atoms with Gasteiger partial charge in [0.05, 0.1) is 11.4 Å². The van der Waals surface area contributed by atoms with Crippen molar-refractivity contribution in [2.24, 2.45) is 10.8 Å². The Labute approximate surface area is 101 Å². The molecule has 0 atom stereocenters. The number of guanidine groups is 1. The molecule has 1 heterocycles. The van der Waals surface area contributed by atoms with Gasteiger partial charge in [0.1, 0.15) is 0 Å². The summed E-state index contributed by atoms with van der Waals surface area (Å²) in [7, 11) is 1.67. The number of nitrogens with two attached hydrogens (primary N) is 1. The Bertz CT molecular complexity index is 367. The molecule has 0 aliphatic heterocycles. The fourth-order valence-electron chi connectivity index (χ4n) is 1.26. The van der Waals surface area contributed by atoms with Crippen LogP contribution in [0.1, 0.15) is 12.1 Å². The van der Waals surface area contributed by atoms with E-state index in [2.05, 4.69) is 20.7 Å². The van der Waals surface area contributed by atoms with Crippen molar-refractivity contribution < 1.29 is 4.74 Å². The predicted octanol–water partition coefficient (Wildman–Crippen LogP) is 0.658. The van der Waals surface area contributed by atoms with Crippen molar-refractivity contribution in [1.29, 1.82) is 0 Å². The van der Waals surface area contributed by atoms with Gasteiger partial charge < -0.3 is 10.1 Å². The van der Waals surface area contributed by atoms with Crippen LogP contribution in [0.3, 0.4) is 0 Å². The minimum Gasteiger partial charge on any atom is -0.385 e. The summed E-state index contributed by atoms with van der Waals surface area (Å²) in [6, 6.07) is 3.78. The SMILES string of the molecule is COCCCN=C(NN)Nc1cccnc1C. The van der Waals surface area contributed by atoms with Crippen molar-refractivity contribution in [2.75, 3.05) is 25.6 Å². The van der Waals surface area contributed by atoms with Crippen LogP contribution in [0, 0.1) is 6.92 Å². The molecule has 0 radical (unpaired) electrons. The third kappa shape index (κ3) is 4.80. The van der Waals surface area contributed by atoms with Crippen molar-refractivity contribution in [1.82, 2.24) is 10.4 Å². The third-order valence-electron chi connectivity index (χ3n) is 2.17. The highest BCUT2D eigenvalue weighted by Crippen LogP contribution is 2.09. The second kappa shape index (κ2) is 7.59. The molecule has 94 valence electrons.